The summed E-state index contributed by atoms with van der Waals surface area (Å²) < 4.78 is 25.1. The number of hydrogen-bond acceptors (Lipinski definition) is 4. The second kappa shape index (κ2) is 5.89. The summed E-state index contributed by atoms with van der Waals surface area (Å²) in [5, 5.41) is 9.95. The first-order chi connectivity index (χ1) is 10.9. The van der Waals surface area contributed by atoms with Crippen molar-refractivity contribution >= 4 is 15.9 Å². The molecule has 0 spiro atoms. The molecule has 126 valence electrons. The Labute approximate surface area is 136 Å². The SMILES string of the molecule is CS(=O)(=O)N1CC2CCN(C(=O)c3ccccc3)CC2(CO)C1. The third-order valence-electron chi connectivity index (χ3n) is 5.13. The largest absolute Gasteiger partial charge is 0.396 e. The first kappa shape index (κ1) is 16.4. The van der Waals surface area contributed by atoms with Gasteiger partial charge < -0.3 is 10.0 Å². The van der Waals surface area contributed by atoms with Gasteiger partial charge in [-0.15, -0.1) is 0 Å². The minimum atomic E-state index is -3.28. The number of sulfonamides is 1. The van der Waals surface area contributed by atoms with Gasteiger partial charge in [0.15, 0.2) is 0 Å². The molecule has 0 saturated carbocycles. The number of likely N-dealkylation sites (tertiary alicyclic amines) is 1. The number of benzene rings is 1. The maximum Gasteiger partial charge on any atom is 0.253 e. The third kappa shape index (κ3) is 3.00. The highest BCUT2D eigenvalue weighted by Gasteiger charge is 2.52. The Kier molecular flexibility index (Phi) is 4.20. The van der Waals surface area contributed by atoms with E-state index in [9.17, 15) is 18.3 Å². The van der Waals surface area contributed by atoms with Gasteiger partial charge in [0.1, 0.15) is 0 Å². The van der Waals surface area contributed by atoms with Gasteiger partial charge in [0, 0.05) is 37.2 Å². The van der Waals surface area contributed by atoms with Gasteiger partial charge in [-0.3, -0.25) is 4.79 Å². The summed E-state index contributed by atoms with van der Waals surface area (Å²) in [5.41, 5.74) is 0.0724. The van der Waals surface area contributed by atoms with Crippen molar-refractivity contribution in [2.24, 2.45) is 11.3 Å². The second-order valence-corrected chi connectivity index (χ2v) is 8.64. The molecule has 3 rings (SSSR count). The van der Waals surface area contributed by atoms with E-state index in [0.29, 0.717) is 31.6 Å². The highest BCUT2D eigenvalue weighted by atomic mass is 32.2. The smallest absolute Gasteiger partial charge is 0.253 e. The Hall–Kier alpha value is -1.44. The number of piperidine rings is 1. The number of amides is 1. The van der Waals surface area contributed by atoms with Crippen molar-refractivity contribution in [3.63, 3.8) is 0 Å². The van der Waals surface area contributed by atoms with Crippen molar-refractivity contribution < 1.29 is 18.3 Å². The number of aliphatic hydroxyl groups excluding tert-OH is 1. The molecule has 2 saturated heterocycles. The van der Waals surface area contributed by atoms with Crippen molar-refractivity contribution in [2.45, 2.75) is 6.42 Å². The molecule has 1 aromatic carbocycles. The van der Waals surface area contributed by atoms with Gasteiger partial charge >= 0.3 is 0 Å². The minimum absolute atomic E-state index is 0.0605. The summed E-state index contributed by atoms with van der Waals surface area (Å²) >= 11 is 0. The van der Waals surface area contributed by atoms with Gasteiger partial charge in [0.2, 0.25) is 10.0 Å². The molecule has 7 heteroatoms. The van der Waals surface area contributed by atoms with E-state index in [0.717, 1.165) is 0 Å². The topological polar surface area (TPSA) is 77.9 Å². The molecule has 2 fully saturated rings. The third-order valence-corrected chi connectivity index (χ3v) is 6.34. The van der Waals surface area contributed by atoms with E-state index in [1.807, 2.05) is 18.2 Å². The van der Waals surface area contributed by atoms with E-state index >= 15 is 0 Å². The van der Waals surface area contributed by atoms with Gasteiger partial charge in [-0.2, -0.15) is 0 Å². The van der Waals surface area contributed by atoms with Crippen LogP contribution in [0.2, 0.25) is 0 Å². The van der Waals surface area contributed by atoms with Gasteiger partial charge in [-0.05, 0) is 24.5 Å². The summed E-state index contributed by atoms with van der Waals surface area (Å²) in [5.74, 6) is 0.0386. The summed E-state index contributed by atoms with van der Waals surface area (Å²) in [6.07, 6.45) is 1.91. The maximum atomic E-state index is 12.6. The highest BCUT2D eigenvalue weighted by Crippen LogP contribution is 2.42. The molecule has 2 atom stereocenters. The van der Waals surface area contributed by atoms with Crippen LogP contribution in [-0.2, 0) is 10.0 Å². The van der Waals surface area contributed by atoms with E-state index in [-0.39, 0.29) is 25.0 Å². The maximum absolute atomic E-state index is 12.6. The first-order valence-corrected chi connectivity index (χ1v) is 9.61. The number of carbonyl (C=O) groups excluding carboxylic acids is 1. The zero-order valence-electron chi connectivity index (χ0n) is 13.2. The van der Waals surface area contributed by atoms with E-state index in [1.54, 1.807) is 17.0 Å². The Morgan fingerprint density at radius 3 is 2.61 bits per heavy atom. The van der Waals surface area contributed by atoms with E-state index in [2.05, 4.69) is 0 Å². The standard InChI is InChI=1S/C16H22N2O4S/c1-23(21,22)18-9-14-7-8-17(10-16(14,11-18)12-19)15(20)13-5-3-2-4-6-13/h2-6,14,19H,7-12H2,1H3. The molecule has 23 heavy (non-hydrogen) atoms. The van der Waals surface area contributed by atoms with Crippen molar-refractivity contribution in [3.05, 3.63) is 35.9 Å². The predicted octanol–water partition coefficient (Wildman–Crippen LogP) is 0.403. The summed E-state index contributed by atoms with van der Waals surface area (Å²) in [6.45, 7) is 1.60. The lowest BCUT2D eigenvalue weighted by Crippen LogP contribution is -2.52. The fraction of sp³-hybridized carbons (Fsp3) is 0.562. The predicted molar refractivity (Wildman–Crippen MR) is 86.4 cm³/mol. The van der Waals surface area contributed by atoms with Crippen LogP contribution in [0.15, 0.2) is 30.3 Å². The lowest BCUT2D eigenvalue weighted by atomic mass is 9.74. The van der Waals surface area contributed by atoms with E-state index in [4.69, 9.17) is 0 Å². The van der Waals surface area contributed by atoms with Crippen LogP contribution in [-0.4, -0.2) is 67.7 Å². The lowest BCUT2D eigenvalue weighted by Gasteiger charge is -2.43. The summed E-state index contributed by atoms with van der Waals surface area (Å²) in [7, 11) is -3.28. The Balaban J connectivity index is 1.81. The average molecular weight is 338 g/mol. The van der Waals surface area contributed by atoms with Crippen molar-refractivity contribution in [1.29, 1.82) is 0 Å². The molecular weight excluding hydrogens is 316 g/mol. The molecule has 2 unspecified atom stereocenters. The Bertz CT molecular complexity index is 691. The number of rotatable bonds is 3. The number of hydrogen-bond donors (Lipinski definition) is 1. The van der Waals surface area contributed by atoms with Crippen LogP contribution in [0.25, 0.3) is 0 Å². The van der Waals surface area contributed by atoms with Crippen LogP contribution in [0.3, 0.4) is 0 Å². The van der Waals surface area contributed by atoms with Crippen molar-refractivity contribution in [3.8, 4) is 0 Å². The first-order valence-electron chi connectivity index (χ1n) is 7.76. The van der Waals surface area contributed by atoms with Gasteiger partial charge in [0.05, 0.1) is 12.9 Å². The fourth-order valence-corrected chi connectivity index (χ4v) is 4.69. The van der Waals surface area contributed by atoms with Crippen LogP contribution in [0.1, 0.15) is 16.8 Å². The van der Waals surface area contributed by atoms with Crippen molar-refractivity contribution in [2.75, 3.05) is 39.0 Å². The molecule has 2 heterocycles. The van der Waals surface area contributed by atoms with Gasteiger partial charge in [-0.1, -0.05) is 18.2 Å². The van der Waals surface area contributed by atoms with Crippen LogP contribution >= 0.6 is 0 Å². The zero-order chi connectivity index (χ0) is 16.7. The van der Waals surface area contributed by atoms with Gasteiger partial charge in [-0.25, -0.2) is 12.7 Å². The highest BCUT2D eigenvalue weighted by molar-refractivity contribution is 7.88. The molecule has 0 aromatic heterocycles. The average Bonchev–Trinajstić information content (AvgIpc) is 2.94. The monoisotopic (exact) mass is 338 g/mol. The number of fused-ring (bicyclic) bond motifs is 1. The van der Waals surface area contributed by atoms with Gasteiger partial charge in [0.25, 0.3) is 5.91 Å². The molecule has 2 aliphatic heterocycles. The molecule has 1 amide bonds. The molecule has 1 N–H and O–H groups in total. The Morgan fingerprint density at radius 1 is 1.30 bits per heavy atom. The number of aliphatic hydroxyl groups is 1. The number of carbonyl (C=O) groups is 1. The minimum Gasteiger partial charge on any atom is -0.396 e. The lowest BCUT2D eigenvalue weighted by molar-refractivity contribution is 0.0129. The molecule has 0 radical (unpaired) electrons. The zero-order valence-corrected chi connectivity index (χ0v) is 14.0. The van der Waals surface area contributed by atoms with Crippen LogP contribution in [0.5, 0.6) is 0 Å². The summed E-state index contributed by atoms with van der Waals surface area (Å²) in [4.78, 5) is 14.4. The van der Waals surface area contributed by atoms with Crippen LogP contribution in [0, 0.1) is 11.3 Å². The molecule has 2 aliphatic rings. The van der Waals surface area contributed by atoms with Crippen molar-refractivity contribution in [1.82, 2.24) is 9.21 Å². The normalized spacial score (nSPS) is 28.6. The quantitative estimate of drug-likeness (QED) is 0.865. The second-order valence-electron chi connectivity index (χ2n) is 6.65. The molecule has 0 aliphatic carbocycles. The molecule has 1 aromatic rings. The Morgan fingerprint density at radius 2 is 2.00 bits per heavy atom. The van der Waals surface area contributed by atoms with Crippen LogP contribution < -0.4 is 0 Å². The molecular formula is C16H22N2O4S. The fourth-order valence-electron chi connectivity index (χ4n) is 3.75. The van der Waals surface area contributed by atoms with E-state index in [1.165, 1.54) is 10.6 Å². The summed E-state index contributed by atoms with van der Waals surface area (Å²) in [6, 6.07) is 9.06. The number of nitrogens with zero attached hydrogens (tertiary/aromatic N) is 2. The molecule has 6 nitrogen and oxygen atoms in total. The van der Waals surface area contributed by atoms with E-state index < -0.39 is 15.4 Å². The molecule has 0 bridgehead atoms. The van der Waals surface area contributed by atoms with Crippen LogP contribution in [0.4, 0.5) is 0 Å².